The van der Waals surface area contributed by atoms with Crippen molar-refractivity contribution in [3.05, 3.63) is 0 Å². The molecule has 2 atom stereocenters. The largest absolute Gasteiger partial charge is 0.366 e. The lowest BCUT2D eigenvalue weighted by molar-refractivity contribution is -0.123. The Morgan fingerprint density at radius 3 is 2.82 bits per heavy atom. The highest BCUT2D eigenvalue weighted by atomic mass is 19.3. The average molecular weight is 311 g/mol. The molecular weight excluding hydrogens is 292 g/mol. The van der Waals surface area contributed by atoms with Gasteiger partial charge in [0.15, 0.2) is 11.3 Å². The molecule has 0 bridgehead atoms. The second-order valence-electron chi connectivity index (χ2n) is 6.22. The van der Waals surface area contributed by atoms with Crippen molar-refractivity contribution in [2.24, 2.45) is 16.1 Å². The molecule has 5 nitrogen and oxygen atoms in total. The molecule has 22 heavy (non-hydrogen) atoms. The first-order valence-electron chi connectivity index (χ1n) is 7.62. The molecule has 0 aromatic carbocycles. The summed E-state index contributed by atoms with van der Waals surface area (Å²) in [6, 6.07) is 0. The number of ether oxygens (including phenoxy) is 1. The predicted molar refractivity (Wildman–Crippen MR) is 74.3 cm³/mol. The van der Waals surface area contributed by atoms with Gasteiger partial charge in [0.25, 0.3) is 5.92 Å². The second kappa shape index (κ2) is 5.27. The van der Waals surface area contributed by atoms with Gasteiger partial charge in [-0.25, -0.2) is 8.78 Å². The number of halogens is 2. The van der Waals surface area contributed by atoms with Crippen LogP contribution in [-0.4, -0.2) is 36.2 Å². The van der Waals surface area contributed by atoms with Crippen molar-refractivity contribution >= 4 is 5.91 Å². The Hall–Kier alpha value is -1.55. The van der Waals surface area contributed by atoms with Crippen molar-refractivity contribution in [3.63, 3.8) is 0 Å². The Bertz CT molecular complexity index is 537. The Morgan fingerprint density at radius 2 is 2.18 bits per heavy atom. The van der Waals surface area contributed by atoms with Crippen LogP contribution in [0.4, 0.5) is 8.78 Å². The third-order valence-corrected chi connectivity index (χ3v) is 4.83. The summed E-state index contributed by atoms with van der Waals surface area (Å²) >= 11 is 0. The van der Waals surface area contributed by atoms with Crippen LogP contribution in [0.2, 0.25) is 0 Å². The van der Waals surface area contributed by atoms with Crippen LogP contribution in [0.3, 0.4) is 0 Å². The Labute approximate surface area is 127 Å². The molecule has 2 aliphatic heterocycles. The van der Waals surface area contributed by atoms with E-state index >= 15 is 0 Å². The molecule has 1 saturated carbocycles. The van der Waals surface area contributed by atoms with Crippen LogP contribution >= 0.6 is 0 Å². The van der Waals surface area contributed by atoms with Crippen molar-refractivity contribution in [1.29, 1.82) is 0 Å². The van der Waals surface area contributed by atoms with Crippen molar-refractivity contribution in [1.82, 2.24) is 5.32 Å². The van der Waals surface area contributed by atoms with Crippen molar-refractivity contribution < 1.29 is 18.3 Å². The van der Waals surface area contributed by atoms with E-state index in [4.69, 9.17) is 11.2 Å². The van der Waals surface area contributed by atoms with Gasteiger partial charge in [-0.15, -0.1) is 12.3 Å². The molecule has 2 heterocycles. The smallest absolute Gasteiger partial charge is 0.284 e. The number of carbonyl (C=O) groups is 1. The molecule has 0 unspecified atom stereocenters. The highest BCUT2D eigenvalue weighted by molar-refractivity contribution is 5.76. The molecule has 3 aliphatic rings. The summed E-state index contributed by atoms with van der Waals surface area (Å²) < 4.78 is 32.9. The minimum absolute atomic E-state index is 0.130. The molecule has 0 aromatic rings. The van der Waals surface area contributed by atoms with E-state index in [1.807, 2.05) is 0 Å². The lowest BCUT2D eigenvalue weighted by Crippen LogP contribution is -2.41. The van der Waals surface area contributed by atoms with E-state index in [9.17, 15) is 13.6 Å². The SMILES string of the molecule is C#CCCC1(CCC(=O)NC[C@]23OCCC[C@H]2C3(F)F)N=N1. The number of alkyl halides is 2. The van der Waals surface area contributed by atoms with Crippen LogP contribution < -0.4 is 5.32 Å². The lowest BCUT2D eigenvalue weighted by Gasteiger charge is -2.22. The fourth-order valence-electron chi connectivity index (χ4n) is 3.25. The Kier molecular flexibility index (Phi) is 3.68. The summed E-state index contributed by atoms with van der Waals surface area (Å²) in [6.45, 7) is 0.198. The number of terminal acetylenes is 1. The molecule has 1 saturated heterocycles. The van der Waals surface area contributed by atoms with E-state index < -0.39 is 23.1 Å². The highest BCUT2D eigenvalue weighted by Gasteiger charge is 2.82. The van der Waals surface area contributed by atoms with E-state index in [1.54, 1.807) is 0 Å². The Morgan fingerprint density at radius 1 is 1.41 bits per heavy atom. The first-order valence-corrected chi connectivity index (χ1v) is 7.62. The Balaban J connectivity index is 1.43. The van der Waals surface area contributed by atoms with E-state index in [-0.39, 0.29) is 18.9 Å². The summed E-state index contributed by atoms with van der Waals surface area (Å²) in [4.78, 5) is 11.9. The molecule has 1 N–H and O–H groups in total. The summed E-state index contributed by atoms with van der Waals surface area (Å²) in [5, 5.41) is 10.5. The van der Waals surface area contributed by atoms with E-state index in [0.717, 1.165) is 0 Å². The second-order valence-corrected chi connectivity index (χ2v) is 6.22. The maximum absolute atomic E-state index is 13.8. The highest BCUT2D eigenvalue weighted by Crippen LogP contribution is 2.64. The summed E-state index contributed by atoms with van der Waals surface area (Å²) in [7, 11) is 0. The quantitative estimate of drug-likeness (QED) is 0.733. The standard InChI is InChI=1S/C15H19F2N3O2/c1-2-3-7-13(19-20-13)8-6-12(21)18-10-14-11(15(14,16)17)5-4-9-22-14/h1,11H,3-10H2,(H,18,21)/t11-,14+/m1/s1. The van der Waals surface area contributed by atoms with Gasteiger partial charge in [0.2, 0.25) is 5.91 Å². The molecule has 2 fully saturated rings. The van der Waals surface area contributed by atoms with Gasteiger partial charge in [0, 0.05) is 32.3 Å². The predicted octanol–water partition coefficient (Wildman–Crippen LogP) is 2.27. The minimum atomic E-state index is -2.83. The topological polar surface area (TPSA) is 63.0 Å². The zero-order chi connectivity index (χ0) is 15.8. The van der Waals surface area contributed by atoms with E-state index in [1.165, 1.54) is 0 Å². The van der Waals surface area contributed by atoms with Gasteiger partial charge in [-0.05, 0) is 12.8 Å². The molecule has 0 radical (unpaired) electrons. The number of amides is 1. The number of carbonyl (C=O) groups excluding carboxylic acids is 1. The van der Waals surface area contributed by atoms with Gasteiger partial charge in [0.05, 0.1) is 12.5 Å². The third-order valence-electron chi connectivity index (χ3n) is 4.83. The number of hydrogen-bond acceptors (Lipinski definition) is 4. The van der Waals surface area contributed by atoms with Crippen molar-refractivity contribution in [2.75, 3.05) is 13.2 Å². The van der Waals surface area contributed by atoms with Crippen molar-refractivity contribution in [2.45, 2.75) is 55.7 Å². The van der Waals surface area contributed by atoms with Gasteiger partial charge >= 0.3 is 0 Å². The van der Waals surface area contributed by atoms with Crippen LogP contribution in [-0.2, 0) is 9.53 Å². The fraction of sp³-hybridized carbons (Fsp3) is 0.800. The zero-order valence-corrected chi connectivity index (χ0v) is 12.3. The van der Waals surface area contributed by atoms with Gasteiger partial charge in [-0.1, -0.05) is 0 Å². The number of hydrogen-bond donors (Lipinski definition) is 1. The lowest BCUT2D eigenvalue weighted by atomic mass is 10.0. The van der Waals surface area contributed by atoms with E-state index in [2.05, 4.69) is 21.5 Å². The molecule has 1 amide bonds. The van der Waals surface area contributed by atoms with Gasteiger partial charge in [0.1, 0.15) is 0 Å². The maximum atomic E-state index is 13.8. The average Bonchev–Trinajstić information content (AvgIpc) is 3.38. The van der Waals surface area contributed by atoms with Crippen LogP contribution in [0.1, 0.15) is 38.5 Å². The summed E-state index contributed by atoms with van der Waals surface area (Å²) in [5.41, 5.74) is -1.99. The molecule has 1 aliphatic carbocycles. The normalized spacial score (nSPS) is 32.7. The summed E-state index contributed by atoms with van der Waals surface area (Å²) in [5.74, 6) is -1.34. The number of nitrogens with zero attached hydrogens (tertiary/aromatic N) is 2. The zero-order valence-electron chi connectivity index (χ0n) is 12.3. The van der Waals surface area contributed by atoms with Crippen LogP contribution in [0.25, 0.3) is 0 Å². The number of fused-ring (bicyclic) bond motifs is 1. The third kappa shape index (κ3) is 2.50. The molecule has 7 heteroatoms. The van der Waals surface area contributed by atoms with Gasteiger partial charge < -0.3 is 10.1 Å². The summed E-state index contributed by atoms with van der Waals surface area (Å²) in [6.07, 6.45) is 8.15. The minimum Gasteiger partial charge on any atom is -0.366 e. The molecule has 0 aromatic heterocycles. The van der Waals surface area contributed by atoms with Crippen molar-refractivity contribution in [3.8, 4) is 12.3 Å². The molecule has 3 rings (SSSR count). The molecular formula is C15H19F2N3O2. The number of rotatable bonds is 7. The van der Waals surface area contributed by atoms with Crippen LogP contribution in [0.5, 0.6) is 0 Å². The van der Waals surface area contributed by atoms with Gasteiger partial charge in [-0.3, -0.25) is 4.79 Å². The fourth-order valence-corrected chi connectivity index (χ4v) is 3.25. The van der Waals surface area contributed by atoms with Crippen LogP contribution in [0.15, 0.2) is 10.2 Å². The first kappa shape index (κ1) is 15.3. The molecule has 0 spiro atoms. The monoisotopic (exact) mass is 311 g/mol. The first-order chi connectivity index (χ1) is 10.5. The number of nitrogens with one attached hydrogen (secondary N) is 1. The van der Waals surface area contributed by atoms with Gasteiger partial charge in [-0.2, -0.15) is 10.2 Å². The van der Waals surface area contributed by atoms with E-state index in [0.29, 0.717) is 38.7 Å². The van der Waals surface area contributed by atoms with Crippen LogP contribution in [0, 0.1) is 18.3 Å². The maximum Gasteiger partial charge on any atom is 0.284 e. The molecule has 120 valence electrons.